The quantitative estimate of drug-likeness (QED) is 0.527. The largest absolute Gasteiger partial charge is 0.380 e. The minimum atomic E-state index is -0.206. The monoisotopic (exact) mass is 433 g/mol. The van der Waals surface area contributed by atoms with Gasteiger partial charge in [-0.2, -0.15) is 0 Å². The Hall–Kier alpha value is -3.39. The number of hydrogen-bond acceptors (Lipinski definition) is 6. The van der Waals surface area contributed by atoms with E-state index in [9.17, 15) is 9.59 Å². The van der Waals surface area contributed by atoms with Crippen LogP contribution in [-0.4, -0.2) is 43.7 Å². The number of nitrogens with zero attached hydrogens (tertiary/aromatic N) is 2. The molecule has 8 nitrogen and oxygen atoms in total. The predicted octanol–water partition coefficient (Wildman–Crippen LogP) is 2.44. The van der Waals surface area contributed by atoms with E-state index in [0.717, 1.165) is 12.2 Å². The molecule has 2 fully saturated rings. The summed E-state index contributed by atoms with van der Waals surface area (Å²) in [4.78, 5) is 27.0. The van der Waals surface area contributed by atoms with Crippen molar-refractivity contribution < 1.29 is 14.1 Å². The van der Waals surface area contributed by atoms with Crippen molar-refractivity contribution in [2.24, 2.45) is 5.92 Å². The van der Waals surface area contributed by atoms with Crippen molar-refractivity contribution in [3.8, 4) is 0 Å². The van der Waals surface area contributed by atoms with Crippen molar-refractivity contribution in [1.82, 2.24) is 15.8 Å². The summed E-state index contributed by atoms with van der Waals surface area (Å²) in [6, 6.07) is 13.4. The summed E-state index contributed by atoms with van der Waals surface area (Å²) >= 11 is 0. The number of anilines is 2. The van der Waals surface area contributed by atoms with E-state index in [0.29, 0.717) is 36.0 Å². The van der Waals surface area contributed by atoms with Gasteiger partial charge in [-0.1, -0.05) is 17.3 Å². The highest BCUT2D eigenvalue weighted by Crippen LogP contribution is 2.47. The highest BCUT2D eigenvalue weighted by atomic mass is 16.5. The first-order chi connectivity index (χ1) is 15.5. The molecule has 2 aliphatic rings. The van der Waals surface area contributed by atoms with Gasteiger partial charge in [0.15, 0.2) is 11.4 Å². The van der Waals surface area contributed by atoms with Crippen LogP contribution in [0.1, 0.15) is 35.2 Å². The molecule has 2 heterocycles. The molecular formula is C24H27N5O3. The van der Waals surface area contributed by atoms with Crippen LogP contribution in [0.15, 0.2) is 47.0 Å². The molecule has 2 aromatic carbocycles. The number of nitrogen functional groups attached to an aromatic ring is 1. The first-order valence-corrected chi connectivity index (χ1v) is 11.0. The number of fused-ring (bicyclic) bond motifs is 1. The molecule has 32 heavy (non-hydrogen) atoms. The van der Waals surface area contributed by atoms with Crippen LogP contribution in [0.4, 0.5) is 11.5 Å². The summed E-state index contributed by atoms with van der Waals surface area (Å²) in [7, 11) is 1.98. The molecule has 0 bridgehead atoms. The number of aromatic nitrogens is 1. The Balaban J connectivity index is 1.20. The van der Waals surface area contributed by atoms with Crippen LogP contribution in [0, 0.1) is 5.92 Å². The maximum absolute atomic E-state index is 12.6. The summed E-state index contributed by atoms with van der Waals surface area (Å²) in [5, 5.41) is 10.6. The lowest BCUT2D eigenvalue weighted by Crippen LogP contribution is -2.31. The number of benzene rings is 2. The van der Waals surface area contributed by atoms with E-state index in [2.05, 4.69) is 27.9 Å². The second-order valence-electron chi connectivity index (χ2n) is 8.92. The van der Waals surface area contributed by atoms with Crippen LogP contribution < -0.4 is 21.3 Å². The minimum absolute atomic E-state index is 0.0644. The Morgan fingerprint density at radius 2 is 2.03 bits per heavy atom. The molecule has 0 radical (unpaired) electrons. The van der Waals surface area contributed by atoms with Crippen LogP contribution in [0.2, 0.25) is 0 Å². The van der Waals surface area contributed by atoms with Gasteiger partial charge in [-0.25, -0.2) is 0 Å². The summed E-state index contributed by atoms with van der Waals surface area (Å²) in [5.74, 6) is 0.208. The maximum Gasteiger partial charge on any atom is 0.251 e. The fourth-order valence-corrected chi connectivity index (χ4v) is 4.66. The summed E-state index contributed by atoms with van der Waals surface area (Å²) in [5.41, 5.74) is 9.31. The van der Waals surface area contributed by atoms with Crippen molar-refractivity contribution in [3.63, 3.8) is 0 Å². The molecule has 1 unspecified atom stereocenters. The average Bonchev–Trinajstić information content (AvgIpc) is 3.36. The predicted molar refractivity (Wildman–Crippen MR) is 122 cm³/mol. The first-order valence-electron chi connectivity index (χ1n) is 11.0. The highest BCUT2D eigenvalue weighted by molar-refractivity contribution is 6.00. The Kier molecular flexibility index (Phi) is 5.09. The van der Waals surface area contributed by atoms with Gasteiger partial charge in [-0.15, -0.1) is 0 Å². The third-order valence-corrected chi connectivity index (χ3v) is 6.68. The second-order valence-corrected chi connectivity index (χ2v) is 8.92. The highest BCUT2D eigenvalue weighted by Gasteiger charge is 2.43. The van der Waals surface area contributed by atoms with Gasteiger partial charge < -0.3 is 25.8 Å². The van der Waals surface area contributed by atoms with Gasteiger partial charge in [0, 0.05) is 48.6 Å². The molecule has 5 rings (SSSR count). The number of rotatable bonds is 7. The summed E-state index contributed by atoms with van der Waals surface area (Å²) < 4.78 is 5.08. The minimum Gasteiger partial charge on any atom is -0.380 e. The number of hydrogen-bond donors (Lipinski definition) is 3. The lowest BCUT2D eigenvalue weighted by atomic mass is 9.95. The number of likely N-dealkylation sites (N-methyl/N-ethyl adjacent to an activating group) is 1. The van der Waals surface area contributed by atoms with Gasteiger partial charge in [0.1, 0.15) is 0 Å². The standard InChI is InChI=1S/C24H27N5O3/c1-26-14-24(8-9-24)17-3-5-18(6-4-17)29-13-15(10-21(29)30)12-27-23(31)16-2-7-20-19(11-16)22(25)28-32-20/h2-7,11,15,26H,8-10,12-14H2,1H3,(H2,25,28)(H,27,31). The van der Waals surface area contributed by atoms with E-state index in [1.165, 1.54) is 18.4 Å². The van der Waals surface area contributed by atoms with Crippen LogP contribution in [0.5, 0.6) is 0 Å². The summed E-state index contributed by atoms with van der Waals surface area (Å²) in [6.45, 7) is 2.01. The number of carbonyl (C=O) groups excluding carboxylic acids is 2. The van der Waals surface area contributed by atoms with E-state index in [-0.39, 0.29) is 29.0 Å². The van der Waals surface area contributed by atoms with Crippen LogP contribution in [-0.2, 0) is 10.2 Å². The van der Waals surface area contributed by atoms with Crippen molar-refractivity contribution in [1.29, 1.82) is 0 Å². The molecule has 2 amide bonds. The molecule has 8 heteroatoms. The normalized spacial score (nSPS) is 19.5. The number of nitrogens with one attached hydrogen (secondary N) is 2. The van der Waals surface area contributed by atoms with Crippen LogP contribution >= 0.6 is 0 Å². The van der Waals surface area contributed by atoms with E-state index in [1.807, 2.05) is 24.1 Å². The molecule has 1 aliphatic heterocycles. The molecule has 1 saturated heterocycles. The maximum atomic E-state index is 12.6. The lowest BCUT2D eigenvalue weighted by Gasteiger charge is -2.20. The van der Waals surface area contributed by atoms with Crippen LogP contribution in [0.25, 0.3) is 11.0 Å². The zero-order chi connectivity index (χ0) is 22.3. The Morgan fingerprint density at radius 1 is 1.25 bits per heavy atom. The number of amides is 2. The zero-order valence-corrected chi connectivity index (χ0v) is 18.1. The molecule has 166 valence electrons. The molecule has 1 saturated carbocycles. The van der Waals surface area contributed by atoms with E-state index in [4.69, 9.17) is 10.3 Å². The van der Waals surface area contributed by atoms with Gasteiger partial charge in [0.25, 0.3) is 5.91 Å². The smallest absolute Gasteiger partial charge is 0.251 e. The van der Waals surface area contributed by atoms with Gasteiger partial charge in [-0.05, 0) is 55.8 Å². The molecule has 1 aliphatic carbocycles. The van der Waals surface area contributed by atoms with Gasteiger partial charge in [-0.3, -0.25) is 9.59 Å². The fraction of sp³-hybridized carbons (Fsp3) is 0.375. The van der Waals surface area contributed by atoms with Crippen LogP contribution in [0.3, 0.4) is 0 Å². The van der Waals surface area contributed by atoms with Crippen molar-refractivity contribution >= 4 is 34.3 Å². The third kappa shape index (κ3) is 3.71. The average molecular weight is 434 g/mol. The van der Waals surface area contributed by atoms with E-state index in [1.54, 1.807) is 18.2 Å². The van der Waals surface area contributed by atoms with Crippen molar-refractivity contribution in [3.05, 3.63) is 53.6 Å². The fourth-order valence-electron chi connectivity index (χ4n) is 4.66. The van der Waals surface area contributed by atoms with Crippen molar-refractivity contribution in [2.75, 3.05) is 37.3 Å². The molecular weight excluding hydrogens is 406 g/mol. The third-order valence-electron chi connectivity index (χ3n) is 6.68. The molecule has 1 aromatic heterocycles. The van der Waals surface area contributed by atoms with E-state index >= 15 is 0 Å². The van der Waals surface area contributed by atoms with E-state index < -0.39 is 0 Å². The van der Waals surface area contributed by atoms with Gasteiger partial charge >= 0.3 is 0 Å². The molecule has 4 N–H and O–H groups in total. The van der Waals surface area contributed by atoms with Gasteiger partial charge in [0.05, 0.1) is 5.39 Å². The van der Waals surface area contributed by atoms with Crippen molar-refractivity contribution in [2.45, 2.75) is 24.7 Å². The number of nitrogens with two attached hydrogens (primary N) is 1. The Labute approximate surface area is 186 Å². The first kappa shape index (κ1) is 20.5. The molecule has 0 spiro atoms. The molecule has 3 aromatic rings. The Morgan fingerprint density at radius 3 is 2.75 bits per heavy atom. The SMILES string of the molecule is CNCC1(c2ccc(N3CC(CNC(=O)c4ccc5onc(N)c5c4)CC3=O)cc2)CC1. The van der Waals surface area contributed by atoms with Gasteiger partial charge in [0.2, 0.25) is 5.91 Å². The number of carbonyl (C=O) groups is 2. The zero-order valence-electron chi connectivity index (χ0n) is 18.1. The second kappa shape index (κ2) is 7.94. The topological polar surface area (TPSA) is 113 Å². The Bertz CT molecular complexity index is 1170. The lowest BCUT2D eigenvalue weighted by molar-refractivity contribution is -0.117. The molecule has 1 atom stereocenters. The summed E-state index contributed by atoms with van der Waals surface area (Å²) in [6.07, 6.45) is 2.83.